The van der Waals surface area contributed by atoms with Crippen molar-refractivity contribution in [2.75, 3.05) is 7.11 Å². The van der Waals surface area contributed by atoms with Crippen molar-refractivity contribution >= 4 is 16.9 Å². The van der Waals surface area contributed by atoms with Gasteiger partial charge in [0.05, 0.1) is 12.6 Å². The number of ether oxygens (including phenoxy) is 1. The maximum atomic E-state index is 10.9. The van der Waals surface area contributed by atoms with Crippen LogP contribution in [0.1, 0.15) is 21.6 Å². The van der Waals surface area contributed by atoms with Gasteiger partial charge in [-0.15, -0.1) is 0 Å². The summed E-state index contributed by atoms with van der Waals surface area (Å²) in [7, 11) is 1.59. The van der Waals surface area contributed by atoms with Gasteiger partial charge in [-0.2, -0.15) is 0 Å². The van der Waals surface area contributed by atoms with Crippen molar-refractivity contribution < 1.29 is 14.6 Å². The van der Waals surface area contributed by atoms with Crippen molar-refractivity contribution in [2.45, 2.75) is 13.8 Å². The number of aryl methyl sites for hydroxylation is 2. The topological polar surface area (TPSA) is 62.3 Å². The molecule has 0 fully saturated rings. The molecule has 4 nitrogen and oxygen atoms in total. The van der Waals surface area contributed by atoms with Crippen LogP contribution in [0.3, 0.4) is 0 Å². The van der Waals surface area contributed by atoms with E-state index >= 15 is 0 Å². The van der Waals surface area contributed by atoms with Crippen LogP contribution >= 0.6 is 0 Å². The lowest BCUT2D eigenvalue weighted by atomic mass is 10.1. The average molecular weight is 219 g/mol. The maximum Gasteiger partial charge on any atom is 0.352 e. The number of nitrogens with one attached hydrogen (secondary N) is 1. The Balaban J connectivity index is 2.83. The van der Waals surface area contributed by atoms with Crippen LogP contribution in [-0.4, -0.2) is 23.2 Å². The lowest BCUT2D eigenvalue weighted by Crippen LogP contribution is -1.94. The van der Waals surface area contributed by atoms with E-state index < -0.39 is 5.97 Å². The molecule has 0 aliphatic heterocycles. The summed E-state index contributed by atoms with van der Waals surface area (Å²) in [5.41, 5.74) is 3.02. The minimum Gasteiger partial charge on any atom is -0.496 e. The first-order valence-electron chi connectivity index (χ1n) is 4.94. The molecule has 16 heavy (non-hydrogen) atoms. The van der Waals surface area contributed by atoms with Crippen molar-refractivity contribution in [3.63, 3.8) is 0 Å². The molecule has 2 rings (SSSR count). The third kappa shape index (κ3) is 1.43. The SMILES string of the molecule is COc1c(C)cc(C)c2[nH]c(C(=O)O)cc12. The predicted octanol–water partition coefficient (Wildman–Crippen LogP) is 2.49. The second-order valence-electron chi connectivity index (χ2n) is 3.82. The number of fused-ring (bicyclic) bond motifs is 1. The van der Waals surface area contributed by atoms with Gasteiger partial charge >= 0.3 is 5.97 Å². The lowest BCUT2D eigenvalue weighted by Gasteiger charge is -2.07. The first-order chi connectivity index (χ1) is 7.54. The molecule has 0 radical (unpaired) electrons. The lowest BCUT2D eigenvalue weighted by molar-refractivity contribution is 0.0691. The molecular weight excluding hydrogens is 206 g/mol. The van der Waals surface area contributed by atoms with Crippen molar-refractivity contribution in [3.05, 3.63) is 29.0 Å². The zero-order chi connectivity index (χ0) is 11.9. The zero-order valence-electron chi connectivity index (χ0n) is 9.42. The Morgan fingerprint density at radius 3 is 2.56 bits per heavy atom. The molecule has 1 aromatic carbocycles. The quantitative estimate of drug-likeness (QED) is 0.815. The number of aromatic amines is 1. The summed E-state index contributed by atoms with van der Waals surface area (Å²) < 4.78 is 5.29. The van der Waals surface area contributed by atoms with E-state index in [0.29, 0.717) is 0 Å². The van der Waals surface area contributed by atoms with Crippen LogP contribution in [0.4, 0.5) is 0 Å². The average Bonchev–Trinajstić information content (AvgIpc) is 2.63. The number of carboxylic acids is 1. The van der Waals surface area contributed by atoms with Gasteiger partial charge in [-0.25, -0.2) is 4.79 Å². The second-order valence-corrected chi connectivity index (χ2v) is 3.82. The van der Waals surface area contributed by atoms with Gasteiger partial charge in [0.1, 0.15) is 11.4 Å². The van der Waals surface area contributed by atoms with Crippen molar-refractivity contribution in [3.8, 4) is 5.75 Å². The van der Waals surface area contributed by atoms with Gasteiger partial charge in [-0.05, 0) is 31.0 Å². The molecule has 0 unspecified atom stereocenters. The molecule has 0 atom stereocenters. The Bertz CT molecular complexity index is 569. The standard InChI is InChI=1S/C12H13NO3/c1-6-4-7(2)11(16-3)8-5-9(12(14)15)13-10(6)8/h4-5,13H,1-3H3,(H,14,15). The van der Waals surface area contributed by atoms with Gasteiger partial charge in [-0.1, -0.05) is 6.07 Å². The third-order valence-corrected chi connectivity index (χ3v) is 2.68. The fourth-order valence-corrected chi connectivity index (χ4v) is 2.01. The highest BCUT2D eigenvalue weighted by Crippen LogP contribution is 2.32. The highest BCUT2D eigenvalue weighted by atomic mass is 16.5. The molecule has 84 valence electrons. The van der Waals surface area contributed by atoms with Gasteiger partial charge < -0.3 is 14.8 Å². The van der Waals surface area contributed by atoms with Gasteiger partial charge in [0.25, 0.3) is 0 Å². The van der Waals surface area contributed by atoms with Gasteiger partial charge in [0, 0.05) is 5.39 Å². The summed E-state index contributed by atoms with van der Waals surface area (Å²) in [6, 6.07) is 3.58. The van der Waals surface area contributed by atoms with E-state index in [1.165, 1.54) is 0 Å². The minimum absolute atomic E-state index is 0.182. The Morgan fingerprint density at radius 2 is 2.00 bits per heavy atom. The van der Waals surface area contributed by atoms with E-state index in [2.05, 4.69) is 4.98 Å². The molecule has 1 aromatic heterocycles. The fraction of sp³-hybridized carbons (Fsp3) is 0.250. The second kappa shape index (κ2) is 3.56. The summed E-state index contributed by atoms with van der Waals surface area (Å²) in [4.78, 5) is 13.8. The Hall–Kier alpha value is -1.97. The molecule has 1 heterocycles. The van der Waals surface area contributed by atoms with E-state index in [-0.39, 0.29) is 5.69 Å². The van der Waals surface area contributed by atoms with E-state index in [4.69, 9.17) is 9.84 Å². The number of H-pyrrole nitrogens is 1. The first-order valence-corrected chi connectivity index (χ1v) is 4.94. The van der Waals surface area contributed by atoms with Crippen LogP contribution in [-0.2, 0) is 0 Å². The largest absolute Gasteiger partial charge is 0.496 e. The van der Waals surface area contributed by atoms with Crippen LogP contribution in [0.5, 0.6) is 5.75 Å². The highest BCUT2D eigenvalue weighted by Gasteiger charge is 2.14. The summed E-state index contributed by atoms with van der Waals surface area (Å²) in [5, 5.41) is 9.75. The number of carbonyl (C=O) groups is 1. The summed E-state index contributed by atoms with van der Waals surface area (Å²) in [6.07, 6.45) is 0. The fourth-order valence-electron chi connectivity index (χ4n) is 2.01. The summed E-state index contributed by atoms with van der Waals surface area (Å²) in [6.45, 7) is 3.88. The number of hydrogen-bond acceptors (Lipinski definition) is 2. The summed E-state index contributed by atoms with van der Waals surface area (Å²) >= 11 is 0. The Morgan fingerprint density at radius 1 is 1.31 bits per heavy atom. The predicted molar refractivity (Wildman–Crippen MR) is 61.3 cm³/mol. The van der Waals surface area contributed by atoms with E-state index in [1.54, 1.807) is 13.2 Å². The Labute approximate surface area is 92.9 Å². The van der Waals surface area contributed by atoms with Crippen LogP contribution in [0.25, 0.3) is 10.9 Å². The van der Waals surface area contributed by atoms with Gasteiger partial charge in [0.2, 0.25) is 0 Å². The number of aromatic nitrogens is 1. The number of benzene rings is 1. The van der Waals surface area contributed by atoms with Crippen molar-refractivity contribution in [1.29, 1.82) is 0 Å². The molecule has 0 saturated carbocycles. The smallest absolute Gasteiger partial charge is 0.352 e. The number of hydrogen-bond donors (Lipinski definition) is 2. The van der Waals surface area contributed by atoms with Crippen molar-refractivity contribution in [2.24, 2.45) is 0 Å². The van der Waals surface area contributed by atoms with Gasteiger partial charge in [-0.3, -0.25) is 0 Å². The van der Waals surface area contributed by atoms with Crippen LogP contribution in [0.15, 0.2) is 12.1 Å². The molecule has 0 bridgehead atoms. The first kappa shape index (κ1) is 10.5. The molecule has 0 aliphatic rings. The van der Waals surface area contributed by atoms with Crippen LogP contribution in [0.2, 0.25) is 0 Å². The monoisotopic (exact) mass is 219 g/mol. The number of carboxylic acid groups (broad SMARTS) is 1. The molecule has 2 aromatic rings. The maximum absolute atomic E-state index is 10.9. The van der Waals surface area contributed by atoms with Crippen molar-refractivity contribution in [1.82, 2.24) is 4.98 Å². The van der Waals surface area contributed by atoms with Crippen LogP contribution in [0, 0.1) is 13.8 Å². The molecule has 0 spiro atoms. The van der Waals surface area contributed by atoms with E-state index in [1.807, 2.05) is 19.9 Å². The summed E-state index contributed by atoms with van der Waals surface area (Å²) in [5.74, 6) is -0.236. The molecule has 0 aliphatic carbocycles. The molecule has 0 amide bonds. The minimum atomic E-state index is -0.963. The molecule has 0 saturated heterocycles. The zero-order valence-corrected chi connectivity index (χ0v) is 9.42. The number of aromatic carboxylic acids is 1. The molecular formula is C12H13NO3. The van der Waals surface area contributed by atoms with Crippen LogP contribution < -0.4 is 4.74 Å². The normalized spacial score (nSPS) is 10.7. The number of rotatable bonds is 2. The van der Waals surface area contributed by atoms with E-state index in [9.17, 15) is 4.79 Å². The highest BCUT2D eigenvalue weighted by molar-refractivity contribution is 5.98. The third-order valence-electron chi connectivity index (χ3n) is 2.68. The molecule has 2 N–H and O–H groups in total. The van der Waals surface area contributed by atoms with E-state index in [0.717, 1.165) is 27.8 Å². The molecule has 4 heteroatoms. The Kier molecular flexibility index (Phi) is 2.34. The van der Waals surface area contributed by atoms with Gasteiger partial charge in [0.15, 0.2) is 0 Å². The number of methoxy groups -OCH3 is 1.